The largest absolute Gasteiger partial charge is 0.389 e. The molecule has 0 heterocycles. The average molecular weight is 249 g/mol. The molecule has 3 nitrogen and oxygen atoms in total. The van der Waals surface area contributed by atoms with Crippen LogP contribution in [0.15, 0.2) is 0 Å². The van der Waals surface area contributed by atoms with E-state index in [1.54, 1.807) is 0 Å². The fraction of sp³-hybridized carbons (Fsp3) is 1.00. The van der Waals surface area contributed by atoms with Crippen LogP contribution in [0.3, 0.4) is 0 Å². The summed E-state index contributed by atoms with van der Waals surface area (Å²) in [5.74, 6) is 2.24. The lowest BCUT2D eigenvalue weighted by atomic mass is 10.3. The average Bonchev–Trinajstić information content (AvgIpc) is 2.29. The van der Waals surface area contributed by atoms with E-state index in [0.29, 0.717) is 19.2 Å². The van der Waals surface area contributed by atoms with Gasteiger partial charge in [0.05, 0.1) is 12.7 Å². The maximum atomic E-state index is 9.63. The summed E-state index contributed by atoms with van der Waals surface area (Å²) in [5, 5.41) is 12.9. The molecule has 0 aliphatic heterocycles. The molecule has 16 heavy (non-hydrogen) atoms. The van der Waals surface area contributed by atoms with Crippen LogP contribution in [0.2, 0.25) is 0 Å². The Labute approximate surface area is 104 Å². The van der Waals surface area contributed by atoms with Crippen molar-refractivity contribution in [3.05, 3.63) is 0 Å². The van der Waals surface area contributed by atoms with Gasteiger partial charge in [-0.05, 0) is 19.1 Å². The Morgan fingerprint density at radius 2 is 2.12 bits per heavy atom. The predicted molar refractivity (Wildman–Crippen MR) is 72.2 cm³/mol. The van der Waals surface area contributed by atoms with Crippen molar-refractivity contribution >= 4 is 11.8 Å². The lowest BCUT2D eigenvalue weighted by molar-refractivity contribution is 0.0351. The van der Waals surface area contributed by atoms with E-state index in [-0.39, 0.29) is 6.10 Å². The zero-order chi connectivity index (χ0) is 12.2. The molecular formula is C12H27NO2S. The lowest BCUT2D eigenvalue weighted by Crippen LogP contribution is -2.37. The molecule has 0 bridgehead atoms. The highest BCUT2D eigenvalue weighted by molar-refractivity contribution is 7.99. The number of aliphatic hydroxyl groups is 1. The van der Waals surface area contributed by atoms with Gasteiger partial charge < -0.3 is 15.2 Å². The normalized spacial score (nSPS) is 15.0. The summed E-state index contributed by atoms with van der Waals surface area (Å²) in [5.41, 5.74) is 0. The Morgan fingerprint density at radius 1 is 1.38 bits per heavy atom. The van der Waals surface area contributed by atoms with E-state index >= 15 is 0 Å². The molecule has 2 atom stereocenters. The van der Waals surface area contributed by atoms with Crippen molar-refractivity contribution < 1.29 is 9.84 Å². The number of ether oxygens (including phenoxy) is 1. The molecule has 0 amide bonds. The van der Waals surface area contributed by atoms with Gasteiger partial charge >= 0.3 is 0 Å². The van der Waals surface area contributed by atoms with E-state index in [9.17, 15) is 5.11 Å². The first kappa shape index (κ1) is 16.2. The summed E-state index contributed by atoms with van der Waals surface area (Å²) >= 11 is 1.92. The van der Waals surface area contributed by atoms with Gasteiger partial charge in [0.25, 0.3) is 0 Å². The summed E-state index contributed by atoms with van der Waals surface area (Å²) in [7, 11) is 0. The van der Waals surface area contributed by atoms with Gasteiger partial charge in [-0.2, -0.15) is 11.8 Å². The molecule has 0 aromatic carbocycles. The summed E-state index contributed by atoms with van der Waals surface area (Å²) < 4.78 is 5.35. The third-order valence-corrected chi connectivity index (χ3v) is 3.37. The van der Waals surface area contributed by atoms with Gasteiger partial charge in [-0.3, -0.25) is 0 Å². The fourth-order valence-electron chi connectivity index (χ4n) is 1.22. The van der Waals surface area contributed by atoms with Crippen LogP contribution in [0, 0.1) is 0 Å². The van der Waals surface area contributed by atoms with E-state index in [1.165, 1.54) is 0 Å². The maximum Gasteiger partial charge on any atom is 0.0897 e. The van der Waals surface area contributed by atoms with Crippen LogP contribution < -0.4 is 5.32 Å². The van der Waals surface area contributed by atoms with Crippen molar-refractivity contribution in [3.8, 4) is 0 Å². The third-order valence-electron chi connectivity index (χ3n) is 2.23. The Kier molecular flexibility index (Phi) is 11.9. The molecular weight excluding hydrogens is 222 g/mol. The summed E-state index contributed by atoms with van der Waals surface area (Å²) in [4.78, 5) is 0. The maximum absolute atomic E-state index is 9.63. The number of hydrogen-bond donors (Lipinski definition) is 2. The Balaban J connectivity index is 3.31. The van der Waals surface area contributed by atoms with Crippen LogP contribution in [0.1, 0.15) is 33.6 Å². The Hall–Kier alpha value is 0.230. The van der Waals surface area contributed by atoms with E-state index < -0.39 is 0 Å². The number of nitrogens with one attached hydrogen (secondary N) is 1. The highest BCUT2D eigenvalue weighted by Crippen LogP contribution is 2.01. The van der Waals surface area contributed by atoms with Crippen molar-refractivity contribution in [1.29, 1.82) is 0 Å². The van der Waals surface area contributed by atoms with Crippen LogP contribution in [0.5, 0.6) is 0 Å². The number of aliphatic hydroxyl groups excluding tert-OH is 1. The predicted octanol–water partition coefficient (Wildman–Crippen LogP) is 1.90. The molecule has 0 saturated carbocycles. The van der Waals surface area contributed by atoms with Crippen LogP contribution in [-0.2, 0) is 4.74 Å². The van der Waals surface area contributed by atoms with Gasteiger partial charge in [0.2, 0.25) is 0 Å². The summed E-state index contributed by atoms with van der Waals surface area (Å²) in [6.45, 7) is 8.27. The third kappa shape index (κ3) is 10.7. The monoisotopic (exact) mass is 249 g/mol. The first-order chi connectivity index (χ1) is 7.70. The fourth-order valence-corrected chi connectivity index (χ4v) is 1.92. The Bertz CT molecular complexity index is 147. The minimum atomic E-state index is -0.383. The van der Waals surface area contributed by atoms with Crippen LogP contribution in [0.25, 0.3) is 0 Å². The summed E-state index contributed by atoms with van der Waals surface area (Å²) in [6, 6.07) is 0.454. The van der Waals surface area contributed by atoms with Crippen molar-refractivity contribution in [2.45, 2.75) is 45.8 Å². The molecule has 2 unspecified atom stereocenters. The molecule has 0 aliphatic rings. The zero-order valence-corrected chi connectivity index (χ0v) is 11.7. The quantitative estimate of drug-likeness (QED) is 0.549. The lowest BCUT2D eigenvalue weighted by Gasteiger charge is -2.16. The van der Waals surface area contributed by atoms with Gasteiger partial charge in [-0.25, -0.2) is 0 Å². The van der Waals surface area contributed by atoms with Crippen molar-refractivity contribution in [2.75, 3.05) is 31.3 Å². The Morgan fingerprint density at radius 3 is 2.75 bits per heavy atom. The van der Waals surface area contributed by atoms with Crippen LogP contribution in [0.4, 0.5) is 0 Å². The van der Waals surface area contributed by atoms with Crippen molar-refractivity contribution in [2.24, 2.45) is 0 Å². The molecule has 2 N–H and O–H groups in total. The number of unbranched alkanes of at least 4 members (excludes halogenated alkanes) is 1. The molecule has 0 saturated heterocycles. The van der Waals surface area contributed by atoms with E-state index in [0.717, 1.165) is 31.0 Å². The smallest absolute Gasteiger partial charge is 0.0897 e. The zero-order valence-electron chi connectivity index (χ0n) is 10.9. The summed E-state index contributed by atoms with van der Waals surface area (Å²) in [6.07, 6.45) is 1.83. The molecule has 98 valence electrons. The first-order valence-electron chi connectivity index (χ1n) is 6.27. The molecule has 0 aromatic heterocycles. The van der Waals surface area contributed by atoms with Crippen molar-refractivity contribution in [1.82, 2.24) is 5.32 Å². The van der Waals surface area contributed by atoms with Gasteiger partial charge in [-0.1, -0.05) is 20.3 Å². The molecule has 4 heteroatoms. The molecule has 0 aliphatic carbocycles. The van der Waals surface area contributed by atoms with E-state index in [2.05, 4.69) is 26.1 Å². The van der Waals surface area contributed by atoms with E-state index in [1.807, 2.05) is 11.8 Å². The topological polar surface area (TPSA) is 41.5 Å². The second kappa shape index (κ2) is 11.7. The molecule has 0 radical (unpaired) electrons. The number of hydrogen-bond acceptors (Lipinski definition) is 4. The SMILES string of the molecule is CCCCOCC(O)CNC(C)CSCC. The number of thioether (sulfide) groups is 1. The second-order valence-electron chi connectivity index (χ2n) is 4.05. The second-order valence-corrected chi connectivity index (χ2v) is 5.37. The molecule has 0 aromatic rings. The molecule has 0 spiro atoms. The van der Waals surface area contributed by atoms with Crippen LogP contribution >= 0.6 is 11.8 Å². The number of rotatable bonds is 11. The molecule has 0 fully saturated rings. The van der Waals surface area contributed by atoms with Crippen LogP contribution in [-0.4, -0.2) is 48.5 Å². The minimum absolute atomic E-state index is 0.383. The minimum Gasteiger partial charge on any atom is -0.389 e. The highest BCUT2D eigenvalue weighted by Gasteiger charge is 2.06. The first-order valence-corrected chi connectivity index (χ1v) is 7.43. The highest BCUT2D eigenvalue weighted by atomic mass is 32.2. The van der Waals surface area contributed by atoms with Gasteiger partial charge in [0.15, 0.2) is 0 Å². The van der Waals surface area contributed by atoms with Crippen molar-refractivity contribution in [3.63, 3.8) is 0 Å². The standard InChI is InChI=1S/C12H27NO2S/c1-4-6-7-15-9-12(14)8-13-11(3)10-16-5-2/h11-14H,4-10H2,1-3H3. The molecule has 0 rings (SSSR count). The van der Waals surface area contributed by atoms with E-state index in [4.69, 9.17) is 4.74 Å². The van der Waals surface area contributed by atoms with Gasteiger partial charge in [0.1, 0.15) is 0 Å². The van der Waals surface area contributed by atoms with Gasteiger partial charge in [0, 0.05) is 24.9 Å². The van der Waals surface area contributed by atoms with Gasteiger partial charge in [-0.15, -0.1) is 0 Å².